The van der Waals surface area contributed by atoms with Crippen LogP contribution in [0.5, 0.6) is 0 Å². The minimum atomic E-state index is -0.919. The van der Waals surface area contributed by atoms with Gasteiger partial charge in [-0.2, -0.15) is 0 Å². The lowest BCUT2D eigenvalue weighted by Crippen LogP contribution is -2.37. The highest BCUT2D eigenvalue weighted by atomic mass is 19.1. The Hall–Kier alpha value is -4.39. The Kier molecular flexibility index (Phi) is 5.50. The lowest BCUT2D eigenvalue weighted by Gasteiger charge is -2.19. The van der Waals surface area contributed by atoms with Crippen LogP contribution in [-0.4, -0.2) is 49.0 Å². The SMILES string of the molecule is CC1CN=C(c2ccc3cc(-c4ccc(-c5cc6ccc(C7=NCC(F)CN7)cc6[nH]5)cc4)oc3c2)NC1. The van der Waals surface area contributed by atoms with Gasteiger partial charge in [0.15, 0.2) is 0 Å². The normalized spacial score (nSPS) is 19.6. The summed E-state index contributed by atoms with van der Waals surface area (Å²) in [6.45, 7) is 4.50. The first kappa shape index (κ1) is 22.8. The van der Waals surface area contributed by atoms with Gasteiger partial charge in [-0.25, -0.2) is 4.39 Å². The lowest BCUT2D eigenvalue weighted by molar-refractivity contribution is 0.332. The first-order chi connectivity index (χ1) is 18.6. The van der Waals surface area contributed by atoms with Crippen LogP contribution in [0.4, 0.5) is 4.39 Å². The minimum Gasteiger partial charge on any atom is -0.456 e. The van der Waals surface area contributed by atoms with Crippen LogP contribution in [0.2, 0.25) is 0 Å². The number of furan rings is 1. The van der Waals surface area contributed by atoms with E-state index in [1.165, 1.54) is 0 Å². The second-order valence-electron chi connectivity index (χ2n) is 10.3. The molecule has 38 heavy (non-hydrogen) atoms. The second kappa shape index (κ2) is 9.17. The lowest BCUT2D eigenvalue weighted by atomic mass is 10.1. The average Bonchev–Trinajstić information content (AvgIpc) is 3.58. The Balaban J connectivity index is 1.14. The van der Waals surface area contributed by atoms with Crippen molar-refractivity contribution in [2.45, 2.75) is 13.1 Å². The van der Waals surface area contributed by atoms with E-state index in [4.69, 9.17) is 4.42 Å². The highest BCUT2D eigenvalue weighted by Crippen LogP contribution is 2.31. The molecule has 7 heteroatoms. The van der Waals surface area contributed by atoms with Gasteiger partial charge in [-0.15, -0.1) is 0 Å². The molecule has 0 bridgehead atoms. The van der Waals surface area contributed by atoms with Crippen molar-refractivity contribution in [3.05, 3.63) is 83.9 Å². The van der Waals surface area contributed by atoms with Crippen molar-refractivity contribution in [2.75, 3.05) is 26.2 Å². The Bertz CT molecular complexity index is 1580. The van der Waals surface area contributed by atoms with Crippen molar-refractivity contribution in [3.8, 4) is 22.6 Å². The molecule has 2 aromatic heterocycles. The molecule has 0 saturated heterocycles. The summed E-state index contributed by atoms with van der Waals surface area (Å²) < 4.78 is 19.7. The Morgan fingerprint density at radius 1 is 0.737 bits per heavy atom. The van der Waals surface area contributed by atoms with Gasteiger partial charge >= 0.3 is 0 Å². The first-order valence-corrected chi connectivity index (χ1v) is 13.1. The Morgan fingerprint density at radius 2 is 1.42 bits per heavy atom. The molecule has 2 aliphatic rings. The molecule has 3 N–H and O–H groups in total. The van der Waals surface area contributed by atoms with E-state index in [0.717, 1.165) is 80.3 Å². The largest absolute Gasteiger partial charge is 0.456 e. The topological polar surface area (TPSA) is 77.7 Å². The highest BCUT2D eigenvalue weighted by molar-refractivity contribution is 6.03. The summed E-state index contributed by atoms with van der Waals surface area (Å²) in [6.07, 6.45) is -0.919. The molecule has 2 aliphatic heterocycles. The molecule has 6 nitrogen and oxygen atoms in total. The highest BCUT2D eigenvalue weighted by Gasteiger charge is 2.16. The molecule has 0 spiro atoms. The maximum absolute atomic E-state index is 13.4. The third-order valence-corrected chi connectivity index (χ3v) is 7.29. The number of aromatic amines is 1. The second-order valence-corrected chi connectivity index (χ2v) is 10.3. The van der Waals surface area contributed by atoms with Gasteiger partial charge in [-0.05, 0) is 35.7 Å². The summed E-state index contributed by atoms with van der Waals surface area (Å²) in [5, 5.41) is 8.70. The molecular weight excluding hydrogens is 477 g/mol. The summed E-state index contributed by atoms with van der Waals surface area (Å²) in [7, 11) is 0. The number of alkyl halides is 1. The van der Waals surface area contributed by atoms with Gasteiger partial charge in [-0.3, -0.25) is 9.98 Å². The number of hydrogen-bond acceptors (Lipinski definition) is 5. The Morgan fingerprint density at radius 3 is 2.16 bits per heavy atom. The summed E-state index contributed by atoms with van der Waals surface area (Å²) in [6, 6.07) is 25.1. The van der Waals surface area contributed by atoms with Crippen molar-refractivity contribution < 1.29 is 8.81 Å². The number of amidine groups is 2. The zero-order valence-electron chi connectivity index (χ0n) is 21.1. The number of fused-ring (bicyclic) bond motifs is 2. The van der Waals surface area contributed by atoms with E-state index in [1.807, 2.05) is 6.07 Å². The summed E-state index contributed by atoms with van der Waals surface area (Å²) in [5.41, 5.74) is 7.05. The van der Waals surface area contributed by atoms with E-state index in [-0.39, 0.29) is 6.54 Å². The van der Waals surface area contributed by atoms with Crippen LogP contribution in [0, 0.1) is 5.92 Å². The van der Waals surface area contributed by atoms with Crippen LogP contribution in [0.3, 0.4) is 0 Å². The van der Waals surface area contributed by atoms with Gasteiger partial charge in [0.1, 0.15) is 29.2 Å². The zero-order chi connectivity index (χ0) is 25.6. The van der Waals surface area contributed by atoms with Crippen LogP contribution in [0.15, 0.2) is 87.2 Å². The van der Waals surface area contributed by atoms with Gasteiger partial charge in [0.25, 0.3) is 0 Å². The number of rotatable bonds is 4. The minimum absolute atomic E-state index is 0.209. The van der Waals surface area contributed by atoms with Crippen LogP contribution in [-0.2, 0) is 0 Å². The fourth-order valence-corrected chi connectivity index (χ4v) is 5.11. The molecule has 0 aliphatic carbocycles. The number of aliphatic imine (C=N–C) groups is 2. The van der Waals surface area contributed by atoms with Gasteiger partial charge in [0.2, 0.25) is 0 Å². The van der Waals surface area contributed by atoms with Crippen molar-refractivity contribution in [1.82, 2.24) is 15.6 Å². The number of H-pyrrole nitrogens is 1. The molecule has 5 aromatic rings. The zero-order valence-corrected chi connectivity index (χ0v) is 21.1. The van der Waals surface area contributed by atoms with Crippen molar-refractivity contribution >= 4 is 33.5 Å². The van der Waals surface area contributed by atoms with Crippen molar-refractivity contribution in [2.24, 2.45) is 15.9 Å². The van der Waals surface area contributed by atoms with E-state index < -0.39 is 6.17 Å². The number of aromatic nitrogens is 1. The molecule has 2 atom stereocenters. The molecule has 7 rings (SSSR count). The van der Waals surface area contributed by atoms with E-state index >= 15 is 0 Å². The monoisotopic (exact) mass is 505 g/mol. The molecule has 190 valence electrons. The van der Waals surface area contributed by atoms with Crippen LogP contribution in [0.25, 0.3) is 44.5 Å². The van der Waals surface area contributed by atoms with Crippen LogP contribution < -0.4 is 10.6 Å². The Labute approximate surface area is 219 Å². The van der Waals surface area contributed by atoms with Crippen molar-refractivity contribution in [3.63, 3.8) is 0 Å². The summed E-state index contributed by atoms with van der Waals surface area (Å²) in [5.74, 6) is 3.09. The smallest absolute Gasteiger partial charge is 0.137 e. The fourth-order valence-electron chi connectivity index (χ4n) is 5.11. The molecule has 0 amide bonds. The molecule has 0 saturated carbocycles. The molecule has 2 unspecified atom stereocenters. The molecule has 0 radical (unpaired) electrons. The number of nitrogens with zero attached hydrogens (tertiary/aromatic N) is 2. The van der Waals surface area contributed by atoms with E-state index in [1.54, 1.807) is 0 Å². The van der Waals surface area contributed by atoms with Crippen molar-refractivity contribution in [1.29, 1.82) is 0 Å². The van der Waals surface area contributed by atoms with Gasteiger partial charge in [0.05, 0.1) is 6.54 Å². The third-order valence-electron chi connectivity index (χ3n) is 7.29. The number of hydrogen-bond donors (Lipinski definition) is 3. The number of nitrogens with one attached hydrogen (secondary N) is 3. The van der Waals surface area contributed by atoms with Gasteiger partial charge < -0.3 is 20.0 Å². The van der Waals surface area contributed by atoms with E-state index in [9.17, 15) is 4.39 Å². The number of benzene rings is 3. The quantitative estimate of drug-likeness (QED) is 0.284. The average molecular weight is 506 g/mol. The standard InChI is InChI=1S/C31H28FN5O/c1-18-14-33-31(34-15-18)24-9-7-22-12-28(38-29(22)13-24)20-4-2-19(3-5-20)26-10-21-6-8-23(11-27(21)37-26)30-35-16-25(32)17-36-30/h2-13,18,25,37H,14-17H2,1H3,(H,33,34)(H,35,36). The predicted octanol–water partition coefficient (Wildman–Crippen LogP) is 5.92. The van der Waals surface area contributed by atoms with E-state index in [0.29, 0.717) is 12.5 Å². The number of halogens is 1. The van der Waals surface area contributed by atoms with Gasteiger partial charge in [-0.1, -0.05) is 55.5 Å². The third kappa shape index (κ3) is 4.24. The first-order valence-electron chi connectivity index (χ1n) is 13.1. The summed E-state index contributed by atoms with van der Waals surface area (Å²) >= 11 is 0. The van der Waals surface area contributed by atoms with Gasteiger partial charge in [0, 0.05) is 58.3 Å². The predicted molar refractivity (Wildman–Crippen MR) is 152 cm³/mol. The maximum Gasteiger partial charge on any atom is 0.137 e. The molecular formula is C31H28FN5O. The summed E-state index contributed by atoms with van der Waals surface area (Å²) in [4.78, 5) is 12.5. The molecule has 0 fully saturated rings. The molecule has 3 aromatic carbocycles. The fraction of sp³-hybridized carbons (Fsp3) is 0.226. The van der Waals surface area contributed by atoms with E-state index in [2.05, 4.69) is 99.3 Å². The van der Waals surface area contributed by atoms with Crippen LogP contribution >= 0.6 is 0 Å². The molecule has 4 heterocycles. The van der Waals surface area contributed by atoms with Crippen LogP contribution in [0.1, 0.15) is 18.1 Å². The maximum atomic E-state index is 13.4.